The predicted octanol–water partition coefficient (Wildman–Crippen LogP) is 4.80. The molecule has 0 saturated carbocycles. The van der Waals surface area contributed by atoms with E-state index in [9.17, 15) is 14.4 Å². The maximum absolute atomic E-state index is 13.3. The summed E-state index contributed by atoms with van der Waals surface area (Å²) in [5.41, 5.74) is 1.42. The van der Waals surface area contributed by atoms with Crippen LogP contribution in [0.2, 0.25) is 10.0 Å². The standard InChI is InChI=1S/C26H30Cl2N4O4S/c1-4-31-19(15-30-11-12-32(16(3)14-30)24(33)20-10-7-13-37-20)21(25(34)36-5-2)23(29-26(31)35)17-8-6-9-18(27)22(17)28/h6-10,13,16,23H,4-5,11-12,14-15H2,1-3H3,(H,29,35). The van der Waals surface area contributed by atoms with Crippen LogP contribution in [0.5, 0.6) is 0 Å². The van der Waals surface area contributed by atoms with Crippen LogP contribution in [0.15, 0.2) is 47.0 Å². The lowest BCUT2D eigenvalue weighted by atomic mass is 9.93. The van der Waals surface area contributed by atoms with Gasteiger partial charge in [-0.1, -0.05) is 41.4 Å². The van der Waals surface area contributed by atoms with Crippen LogP contribution in [-0.2, 0) is 9.53 Å². The molecule has 3 amide bonds. The number of amides is 3. The molecule has 37 heavy (non-hydrogen) atoms. The average molecular weight is 566 g/mol. The second-order valence-electron chi connectivity index (χ2n) is 8.91. The van der Waals surface area contributed by atoms with Gasteiger partial charge in [0, 0.05) is 44.5 Å². The molecule has 0 bridgehead atoms. The third-order valence-corrected chi connectivity index (χ3v) is 8.31. The normalized spacial score (nSPS) is 20.7. The third kappa shape index (κ3) is 5.65. The highest BCUT2D eigenvalue weighted by Gasteiger charge is 2.40. The fraction of sp³-hybridized carbons (Fsp3) is 0.423. The number of rotatable bonds is 7. The zero-order chi connectivity index (χ0) is 26.7. The first-order chi connectivity index (χ1) is 17.8. The van der Waals surface area contributed by atoms with Crippen LogP contribution >= 0.6 is 34.5 Å². The molecular weight excluding hydrogens is 535 g/mol. The van der Waals surface area contributed by atoms with Crippen molar-refractivity contribution in [2.24, 2.45) is 0 Å². The summed E-state index contributed by atoms with van der Waals surface area (Å²) in [4.78, 5) is 45.8. The van der Waals surface area contributed by atoms with Gasteiger partial charge in [-0.3, -0.25) is 14.6 Å². The van der Waals surface area contributed by atoms with Gasteiger partial charge in [0.1, 0.15) is 0 Å². The van der Waals surface area contributed by atoms with Crippen molar-refractivity contribution in [1.29, 1.82) is 0 Å². The van der Waals surface area contributed by atoms with Crippen LogP contribution in [0.3, 0.4) is 0 Å². The molecule has 2 aliphatic rings. The fourth-order valence-electron chi connectivity index (χ4n) is 4.87. The SMILES string of the molecule is CCOC(=O)C1=C(CN2CCN(C(=O)c3cccs3)C(C)C2)N(CC)C(=O)NC1c1cccc(Cl)c1Cl. The lowest BCUT2D eigenvalue weighted by molar-refractivity contribution is -0.139. The lowest BCUT2D eigenvalue weighted by Gasteiger charge is -2.42. The topological polar surface area (TPSA) is 82.2 Å². The molecule has 0 aliphatic carbocycles. The molecule has 1 fully saturated rings. The Morgan fingerprint density at radius 1 is 1.16 bits per heavy atom. The van der Waals surface area contributed by atoms with Crippen LogP contribution in [0.25, 0.3) is 0 Å². The Balaban J connectivity index is 1.67. The zero-order valence-corrected chi connectivity index (χ0v) is 23.3. The fourth-order valence-corrected chi connectivity index (χ4v) is 5.96. The van der Waals surface area contributed by atoms with Crippen molar-refractivity contribution < 1.29 is 19.1 Å². The van der Waals surface area contributed by atoms with E-state index in [0.29, 0.717) is 54.6 Å². The van der Waals surface area contributed by atoms with Crippen molar-refractivity contribution in [3.63, 3.8) is 0 Å². The summed E-state index contributed by atoms with van der Waals surface area (Å²) in [5.74, 6) is -0.493. The van der Waals surface area contributed by atoms with Gasteiger partial charge in [-0.05, 0) is 43.8 Å². The van der Waals surface area contributed by atoms with E-state index in [4.69, 9.17) is 27.9 Å². The molecule has 0 radical (unpaired) electrons. The first-order valence-corrected chi connectivity index (χ1v) is 13.9. The van der Waals surface area contributed by atoms with E-state index in [0.717, 1.165) is 4.88 Å². The number of nitrogens with one attached hydrogen (secondary N) is 1. The summed E-state index contributed by atoms with van der Waals surface area (Å²) in [5, 5.41) is 5.42. The van der Waals surface area contributed by atoms with Gasteiger partial charge in [-0.25, -0.2) is 9.59 Å². The maximum atomic E-state index is 13.3. The number of halogens is 2. The molecule has 1 saturated heterocycles. The van der Waals surface area contributed by atoms with Crippen molar-refractivity contribution in [2.75, 3.05) is 39.3 Å². The monoisotopic (exact) mass is 564 g/mol. The quantitative estimate of drug-likeness (QED) is 0.488. The molecule has 3 heterocycles. The molecule has 2 unspecified atom stereocenters. The molecule has 2 aromatic rings. The van der Waals surface area contributed by atoms with Gasteiger partial charge in [0.05, 0.1) is 33.1 Å². The minimum Gasteiger partial charge on any atom is -0.463 e. The molecule has 1 aromatic carbocycles. The largest absolute Gasteiger partial charge is 0.463 e. The first-order valence-electron chi connectivity index (χ1n) is 12.3. The Kier molecular flexibility index (Phi) is 8.79. The Morgan fingerprint density at radius 2 is 1.95 bits per heavy atom. The number of piperazine rings is 1. The summed E-state index contributed by atoms with van der Waals surface area (Å²) in [6.07, 6.45) is 0. The number of ether oxygens (including phenoxy) is 1. The van der Waals surface area contributed by atoms with Crippen molar-refractivity contribution in [2.45, 2.75) is 32.9 Å². The zero-order valence-electron chi connectivity index (χ0n) is 21.0. The molecule has 4 rings (SSSR count). The first kappa shape index (κ1) is 27.4. The number of hydrogen-bond acceptors (Lipinski definition) is 6. The van der Waals surface area contributed by atoms with Crippen LogP contribution in [0.1, 0.15) is 42.0 Å². The number of carbonyl (C=O) groups excluding carboxylic acids is 3. The number of hydrogen-bond donors (Lipinski definition) is 1. The van der Waals surface area contributed by atoms with Crippen LogP contribution < -0.4 is 5.32 Å². The van der Waals surface area contributed by atoms with E-state index in [1.807, 2.05) is 36.3 Å². The number of benzene rings is 1. The van der Waals surface area contributed by atoms with E-state index in [1.54, 1.807) is 30.0 Å². The third-order valence-electron chi connectivity index (χ3n) is 6.62. The van der Waals surface area contributed by atoms with E-state index in [-0.39, 0.29) is 29.6 Å². The predicted molar refractivity (Wildman–Crippen MR) is 145 cm³/mol. The Bertz CT molecular complexity index is 1200. The number of thiophene rings is 1. The second-order valence-corrected chi connectivity index (χ2v) is 10.6. The molecule has 198 valence electrons. The molecule has 2 aliphatic heterocycles. The summed E-state index contributed by atoms with van der Waals surface area (Å²) in [6, 6.07) is 7.66. The number of urea groups is 1. The summed E-state index contributed by atoms with van der Waals surface area (Å²) in [6.45, 7) is 8.24. The highest BCUT2D eigenvalue weighted by atomic mass is 35.5. The lowest BCUT2D eigenvalue weighted by Crippen LogP contribution is -2.56. The van der Waals surface area contributed by atoms with Gasteiger partial charge < -0.3 is 15.0 Å². The van der Waals surface area contributed by atoms with E-state index in [2.05, 4.69) is 10.2 Å². The molecule has 1 N–H and O–H groups in total. The smallest absolute Gasteiger partial charge is 0.338 e. The number of carbonyl (C=O) groups is 3. The van der Waals surface area contributed by atoms with Crippen LogP contribution in [0, 0.1) is 0 Å². The highest BCUT2D eigenvalue weighted by Crippen LogP contribution is 2.38. The van der Waals surface area contributed by atoms with Gasteiger partial charge in [0.2, 0.25) is 0 Å². The van der Waals surface area contributed by atoms with Gasteiger partial charge in [0.15, 0.2) is 0 Å². The minimum absolute atomic E-state index is 0.0245. The maximum Gasteiger partial charge on any atom is 0.338 e. The molecule has 2 atom stereocenters. The highest BCUT2D eigenvalue weighted by molar-refractivity contribution is 7.12. The molecule has 11 heteroatoms. The van der Waals surface area contributed by atoms with Crippen molar-refractivity contribution in [3.8, 4) is 0 Å². The van der Waals surface area contributed by atoms with Gasteiger partial charge in [-0.2, -0.15) is 0 Å². The molecular formula is C26H30Cl2N4O4S. The van der Waals surface area contributed by atoms with Gasteiger partial charge in [0.25, 0.3) is 5.91 Å². The van der Waals surface area contributed by atoms with Crippen molar-refractivity contribution in [1.82, 2.24) is 20.0 Å². The van der Waals surface area contributed by atoms with E-state index >= 15 is 0 Å². The molecule has 1 aromatic heterocycles. The number of likely N-dealkylation sites (N-methyl/N-ethyl adjacent to an activating group) is 1. The summed E-state index contributed by atoms with van der Waals surface area (Å²) < 4.78 is 5.44. The minimum atomic E-state index is -0.810. The number of esters is 1. The van der Waals surface area contributed by atoms with Crippen molar-refractivity contribution >= 4 is 52.4 Å². The Hall–Kier alpha value is -2.59. The molecule has 8 nitrogen and oxygen atoms in total. The Morgan fingerprint density at radius 3 is 2.59 bits per heavy atom. The molecule has 0 spiro atoms. The van der Waals surface area contributed by atoms with Crippen LogP contribution in [-0.4, -0.2) is 78.0 Å². The summed E-state index contributed by atoms with van der Waals surface area (Å²) >= 11 is 14.2. The summed E-state index contributed by atoms with van der Waals surface area (Å²) in [7, 11) is 0. The van der Waals surface area contributed by atoms with E-state index in [1.165, 1.54) is 11.3 Å². The van der Waals surface area contributed by atoms with Gasteiger partial charge in [-0.15, -0.1) is 11.3 Å². The van der Waals surface area contributed by atoms with Gasteiger partial charge >= 0.3 is 12.0 Å². The second kappa shape index (κ2) is 11.9. The van der Waals surface area contributed by atoms with Crippen LogP contribution in [0.4, 0.5) is 4.79 Å². The number of nitrogens with zero attached hydrogens (tertiary/aromatic N) is 3. The van der Waals surface area contributed by atoms with Crippen molar-refractivity contribution in [3.05, 3.63) is 67.5 Å². The average Bonchev–Trinajstić information content (AvgIpc) is 3.40. The Labute approximate surface area is 230 Å². The van der Waals surface area contributed by atoms with E-state index < -0.39 is 12.0 Å².